The van der Waals surface area contributed by atoms with Crippen molar-refractivity contribution in [3.8, 4) is 5.75 Å². The minimum atomic E-state index is 0.102. The Kier molecular flexibility index (Phi) is 4.30. The summed E-state index contributed by atoms with van der Waals surface area (Å²) in [6.45, 7) is 0.568. The summed E-state index contributed by atoms with van der Waals surface area (Å²) in [7, 11) is 1.62. The molecule has 6 heteroatoms. The van der Waals surface area contributed by atoms with Crippen LogP contribution in [0.15, 0.2) is 30.3 Å². The van der Waals surface area contributed by atoms with Crippen molar-refractivity contribution in [2.45, 2.75) is 6.54 Å². The van der Waals surface area contributed by atoms with Gasteiger partial charge >= 0.3 is 0 Å². The zero-order chi connectivity index (χ0) is 13.7. The molecule has 19 heavy (non-hydrogen) atoms. The van der Waals surface area contributed by atoms with E-state index in [1.807, 2.05) is 24.3 Å². The summed E-state index contributed by atoms with van der Waals surface area (Å²) < 4.78 is 5.08. The lowest BCUT2D eigenvalue weighted by molar-refractivity contribution is 0.112. The molecule has 0 aliphatic rings. The van der Waals surface area contributed by atoms with Crippen LogP contribution in [0.5, 0.6) is 5.75 Å². The lowest BCUT2D eigenvalue weighted by Crippen LogP contribution is -2.03. The zero-order valence-electron chi connectivity index (χ0n) is 10.3. The van der Waals surface area contributed by atoms with Gasteiger partial charge in [0.1, 0.15) is 11.6 Å². The van der Waals surface area contributed by atoms with Gasteiger partial charge in [0.2, 0.25) is 0 Å². The summed E-state index contributed by atoms with van der Waals surface area (Å²) in [4.78, 5) is 10.7. The normalized spacial score (nSPS) is 10.0. The van der Waals surface area contributed by atoms with Gasteiger partial charge in [-0.15, -0.1) is 10.2 Å². The maximum absolute atomic E-state index is 10.7. The number of hydrogen-bond donors (Lipinski definition) is 1. The number of aldehydes is 1. The number of carbonyl (C=O) groups excluding carboxylic acids is 1. The fraction of sp³-hybridized carbons (Fsp3) is 0.154. The Morgan fingerprint density at radius 2 is 2.05 bits per heavy atom. The van der Waals surface area contributed by atoms with Crippen molar-refractivity contribution in [2.75, 3.05) is 12.4 Å². The van der Waals surface area contributed by atoms with Crippen LogP contribution in [0.2, 0.25) is 5.15 Å². The van der Waals surface area contributed by atoms with Crippen LogP contribution in [0.25, 0.3) is 0 Å². The number of aromatic nitrogens is 2. The Morgan fingerprint density at radius 3 is 2.68 bits per heavy atom. The molecule has 0 atom stereocenters. The Balaban J connectivity index is 2.03. The monoisotopic (exact) mass is 277 g/mol. The van der Waals surface area contributed by atoms with Crippen LogP contribution in [0.4, 0.5) is 5.82 Å². The Hall–Kier alpha value is -2.14. The number of anilines is 1. The molecule has 1 N–H and O–H groups in total. The fourth-order valence-electron chi connectivity index (χ4n) is 1.50. The summed E-state index contributed by atoms with van der Waals surface area (Å²) in [5, 5.41) is 10.7. The maximum Gasteiger partial charge on any atom is 0.162 e. The van der Waals surface area contributed by atoms with E-state index >= 15 is 0 Å². The lowest BCUT2D eigenvalue weighted by Gasteiger charge is -2.06. The van der Waals surface area contributed by atoms with Gasteiger partial charge in [0.05, 0.1) is 12.7 Å². The number of ether oxygens (including phenoxy) is 1. The maximum atomic E-state index is 10.7. The molecule has 0 amide bonds. The molecule has 1 aromatic carbocycles. The molecule has 5 nitrogen and oxygen atoms in total. The van der Waals surface area contributed by atoms with Gasteiger partial charge in [0.15, 0.2) is 11.4 Å². The molecule has 2 rings (SSSR count). The molecular weight excluding hydrogens is 266 g/mol. The molecule has 0 aliphatic carbocycles. The van der Waals surface area contributed by atoms with E-state index in [0.717, 1.165) is 11.3 Å². The molecular formula is C13H12ClN3O2. The number of nitrogens with zero attached hydrogens (tertiary/aromatic N) is 2. The van der Waals surface area contributed by atoms with E-state index in [1.54, 1.807) is 13.2 Å². The molecule has 1 heterocycles. The fourth-order valence-corrected chi connectivity index (χ4v) is 1.63. The topological polar surface area (TPSA) is 64.1 Å². The van der Waals surface area contributed by atoms with Gasteiger partial charge < -0.3 is 10.1 Å². The van der Waals surface area contributed by atoms with Crippen LogP contribution in [0.1, 0.15) is 15.9 Å². The highest BCUT2D eigenvalue weighted by atomic mass is 35.5. The number of halogens is 1. The van der Waals surface area contributed by atoms with Crippen LogP contribution >= 0.6 is 11.6 Å². The van der Waals surface area contributed by atoms with Crippen molar-refractivity contribution < 1.29 is 9.53 Å². The number of hydrogen-bond acceptors (Lipinski definition) is 5. The van der Waals surface area contributed by atoms with Crippen molar-refractivity contribution >= 4 is 23.7 Å². The molecule has 0 saturated carbocycles. The highest BCUT2D eigenvalue weighted by Crippen LogP contribution is 2.15. The third-order valence-corrected chi connectivity index (χ3v) is 2.83. The SMILES string of the molecule is COc1ccc(CNc2cc(C=O)c(Cl)nn2)cc1. The molecule has 0 unspecified atom stereocenters. The number of nitrogens with one attached hydrogen (secondary N) is 1. The number of benzene rings is 1. The molecule has 1 aromatic heterocycles. The highest BCUT2D eigenvalue weighted by Gasteiger charge is 2.04. The first-order valence-electron chi connectivity index (χ1n) is 5.58. The van der Waals surface area contributed by atoms with E-state index in [0.29, 0.717) is 24.2 Å². The van der Waals surface area contributed by atoms with Crippen LogP contribution in [-0.2, 0) is 6.54 Å². The largest absolute Gasteiger partial charge is 0.497 e. The van der Waals surface area contributed by atoms with E-state index in [1.165, 1.54) is 0 Å². The summed E-state index contributed by atoms with van der Waals surface area (Å²) in [6.07, 6.45) is 0.648. The first-order chi connectivity index (χ1) is 9.22. The average molecular weight is 278 g/mol. The molecule has 0 bridgehead atoms. The van der Waals surface area contributed by atoms with Gasteiger partial charge in [-0.1, -0.05) is 23.7 Å². The smallest absolute Gasteiger partial charge is 0.162 e. The Bertz CT molecular complexity index is 573. The number of rotatable bonds is 5. The minimum absolute atomic E-state index is 0.102. The van der Waals surface area contributed by atoms with Gasteiger partial charge in [-0.25, -0.2) is 0 Å². The van der Waals surface area contributed by atoms with Crippen molar-refractivity contribution in [1.29, 1.82) is 0 Å². The van der Waals surface area contributed by atoms with E-state index in [2.05, 4.69) is 15.5 Å². The van der Waals surface area contributed by atoms with Crippen LogP contribution in [-0.4, -0.2) is 23.6 Å². The van der Waals surface area contributed by atoms with Gasteiger partial charge in [-0.05, 0) is 23.8 Å². The summed E-state index contributed by atoms with van der Waals surface area (Å²) >= 11 is 5.70. The third-order valence-electron chi connectivity index (χ3n) is 2.54. The minimum Gasteiger partial charge on any atom is -0.497 e. The zero-order valence-corrected chi connectivity index (χ0v) is 11.0. The molecule has 0 spiro atoms. The van der Waals surface area contributed by atoms with Crippen molar-refractivity contribution in [1.82, 2.24) is 10.2 Å². The average Bonchev–Trinajstić information content (AvgIpc) is 2.47. The van der Waals surface area contributed by atoms with E-state index < -0.39 is 0 Å². The van der Waals surface area contributed by atoms with Crippen molar-refractivity contribution in [2.24, 2.45) is 0 Å². The van der Waals surface area contributed by atoms with E-state index in [-0.39, 0.29) is 5.15 Å². The first-order valence-corrected chi connectivity index (χ1v) is 5.96. The van der Waals surface area contributed by atoms with Crippen LogP contribution < -0.4 is 10.1 Å². The number of carbonyl (C=O) groups is 1. The van der Waals surface area contributed by atoms with E-state index in [4.69, 9.17) is 16.3 Å². The lowest BCUT2D eigenvalue weighted by atomic mass is 10.2. The van der Waals surface area contributed by atoms with Crippen LogP contribution in [0, 0.1) is 0 Å². The molecule has 0 radical (unpaired) electrons. The second-order valence-electron chi connectivity index (χ2n) is 3.80. The van der Waals surface area contributed by atoms with Gasteiger partial charge in [-0.2, -0.15) is 0 Å². The van der Waals surface area contributed by atoms with Crippen molar-refractivity contribution in [3.05, 3.63) is 46.6 Å². The predicted octanol–water partition coefficient (Wildman–Crippen LogP) is 2.56. The highest BCUT2D eigenvalue weighted by molar-refractivity contribution is 6.31. The summed E-state index contributed by atoms with van der Waals surface area (Å²) in [6, 6.07) is 9.19. The Morgan fingerprint density at radius 1 is 1.32 bits per heavy atom. The van der Waals surface area contributed by atoms with Crippen molar-refractivity contribution in [3.63, 3.8) is 0 Å². The van der Waals surface area contributed by atoms with Gasteiger partial charge in [-0.3, -0.25) is 4.79 Å². The molecule has 2 aromatic rings. The Labute approximate surface area is 115 Å². The second kappa shape index (κ2) is 6.15. The second-order valence-corrected chi connectivity index (χ2v) is 4.15. The van der Waals surface area contributed by atoms with Crippen LogP contribution in [0.3, 0.4) is 0 Å². The predicted molar refractivity (Wildman–Crippen MR) is 72.8 cm³/mol. The number of methoxy groups -OCH3 is 1. The third kappa shape index (κ3) is 3.42. The quantitative estimate of drug-likeness (QED) is 0.851. The standard InChI is InChI=1S/C13H12ClN3O2/c1-19-11-4-2-9(3-5-11)7-15-12-6-10(8-18)13(14)17-16-12/h2-6,8H,7H2,1H3,(H,15,16). The molecule has 0 aliphatic heterocycles. The van der Waals surface area contributed by atoms with E-state index in [9.17, 15) is 4.79 Å². The molecule has 0 saturated heterocycles. The first kappa shape index (κ1) is 13.3. The molecule has 0 fully saturated rings. The summed E-state index contributed by atoms with van der Waals surface area (Å²) in [5.74, 6) is 1.31. The summed E-state index contributed by atoms with van der Waals surface area (Å²) in [5.41, 5.74) is 1.37. The molecule has 98 valence electrons. The van der Waals surface area contributed by atoms with Gasteiger partial charge in [0, 0.05) is 6.54 Å². The van der Waals surface area contributed by atoms with Gasteiger partial charge in [0.25, 0.3) is 0 Å².